The Bertz CT molecular complexity index is 1620. The van der Waals surface area contributed by atoms with Crippen molar-refractivity contribution in [2.45, 2.75) is 53.1 Å². The first kappa shape index (κ1) is 29.0. The first-order valence-electron chi connectivity index (χ1n) is 14.6. The Morgan fingerprint density at radius 3 is 2.36 bits per heavy atom. The summed E-state index contributed by atoms with van der Waals surface area (Å²) in [4.78, 5) is 9.39. The SMILES string of the molecule is Cc1ccc(Cl)cc1-n1c(C)cc([C@@H]2[C@H](c3ccccn3)NC(=S)N2c2ccc(N3C[C@H](C)C[C@@H](C)C3)c(Cl)c2)c1C. The second-order valence-corrected chi connectivity index (χ2v) is 13.3. The molecule has 42 heavy (non-hydrogen) atoms. The van der Waals surface area contributed by atoms with Crippen LogP contribution in [0.3, 0.4) is 0 Å². The summed E-state index contributed by atoms with van der Waals surface area (Å²) in [6.07, 6.45) is 3.09. The lowest BCUT2D eigenvalue weighted by Gasteiger charge is -2.37. The van der Waals surface area contributed by atoms with Gasteiger partial charge < -0.3 is 19.7 Å². The third-order valence-corrected chi connectivity index (χ3v) is 9.57. The molecular weight excluding hydrogens is 581 g/mol. The standard InChI is InChI=1S/C34H37Cl2N5S/c1-20-14-21(2)19-39(18-20)30-12-11-26(17-28(30)36)41-33(32(38-34(41)42)29-8-6-7-13-37-29)27-15-23(4)40(24(27)5)31-16-25(35)10-9-22(31)3/h6-13,15-17,20-21,32-33H,14,18-19H2,1-5H3,(H,38,42)/t20-,21-,32+,33-/m1/s1. The van der Waals surface area contributed by atoms with Gasteiger partial charge in [0.1, 0.15) is 0 Å². The molecule has 2 aromatic heterocycles. The average molecular weight is 619 g/mol. The highest BCUT2D eigenvalue weighted by atomic mass is 35.5. The predicted molar refractivity (Wildman–Crippen MR) is 180 cm³/mol. The molecule has 0 aliphatic carbocycles. The molecule has 0 radical (unpaired) electrons. The molecule has 2 saturated heterocycles. The summed E-state index contributed by atoms with van der Waals surface area (Å²) in [5, 5.41) is 5.72. The Labute approximate surface area is 264 Å². The fraction of sp³-hybridized carbons (Fsp3) is 0.353. The highest BCUT2D eigenvalue weighted by Gasteiger charge is 2.42. The van der Waals surface area contributed by atoms with Gasteiger partial charge in [0, 0.05) is 47.1 Å². The van der Waals surface area contributed by atoms with Crippen LogP contribution < -0.4 is 15.1 Å². The Kier molecular flexibility index (Phi) is 7.99. The van der Waals surface area contributed by atoms with E-state index in [0.29, 0.717) is 22.0 Å². The van der Waals surface area contributed by atoms with Crippen molar-refractivity contribution >= 4 is 51.9 Å². The maximum atomic E-state index is 7.04. The normalized spacial score (nSPS) is 22.5. The first-order valence-corrected chi connectivity index (χ1v) is 15.8. The number of aromatic nitrogens is 2. The number of benzene rings is 2. The lowest BCUT2D eigenvalue weighted by atomic mass is 9.91. The van der Waals surface area contributed by atoms with Gasteiger partial charge >= 0.3 is 0 Å². The minimum absolute atomic E-state index is 0.135. The number of nitrogens with one attached hydrogen (secondary N) is 1. The quantitative estimate of drug-likeness (QED) is 0.226. The number of hydrogen-bond donors (Lipinski definition) is 1. The minimum atomic E-state index is -0.143. The Balaban J connectivity index is 1.45. The van der Waals surface area contributed by atoms with Gasteiger partial charge in [-0.15, -0.1) is 0 Å². The topological polar surface area (TPSA) is 36.3 Å². The molecule has 0 amide bonds. The van der Waals surface area contributed by atoms with Gasteiger partial charge in [-0.25, -0.2) is 0 Å². The van der Waals surface area contributed by atoms with E-state index in [-0.39, 0.29) is 12.1 Å². The zero-order chi connectivity index (χ0) is 29.7. The summed E-state index contributed by atoms with van der Waals surface area (Å²) < 4.78 is 2.29. The van der Waals surface area contributed by atoms with E-state index in [9.17, 15) is 0 Å². The molecule has 6 rings (SSSR count). The molecule has 0 bridgehead atoms. The van der Waals surface area contributed by atoms with Crippen LogP contribution in [-0.4, -0.2) is 27.8 Å². The number of nitrogens with zero attached hydrogens (tertiary/aromatic N) is 4. The molecule has 1 N–H and O–H groups in total. The van der Waals surface area contributed by atoms with E-state index in [1.54, 1.807) is 0 Å². The molecule has 8 heteroatoms. The van der Waals surface area contributed by atoms with Crippen LogP contribution in [0.25, 0.3) is 5.69 Å². The number of anilines is 2. The number of aryl methyl sites for hydroxylation is 2. The third-order valence-electron chi connectivity index (χ3n) is 8.72. The van der Waals surface area contributed by atoms with Gasteiger partial charge in [0.2, 0.25) is 0 Å². The van der Waals surface area contributed by atoms with Crippen LogP contribution in [0.15, 0.2) is 66.9 Å². The second-order valence-electron chi connectivity index (χ2n) is 12.1. The Morgan fingerprint density at radius 2 is 1.67 bits per heavy atom. The average Bonchev–Trinajstić information content (AvgIpc) is 3.44. The number of piperidine rings is 1. The van der Waals surface area contributed by atoms with E-state index in [4.69, 9.17) is 40.4 Å². The van der Waals surface area contributed by atoms with Crippen LogP contribution in [0.1, 0.15) is 60.6 Å². The summed E-state index contributed by atoms with van der Waals surface area (Å²) in [5.74, 6) is 1.28. The molecule has 2 fully saturated rings. The zero-order valence-corrected chi connectivity index (χ0v) is 27.1. The van der Waals surface area contributed by atoms with Gasteiger partial charge in [0.15, 0.2) is 5.11 Å². The lowest BCUT2D eigenvalue weighted by Crippen LogP contribution is -2.38. The molecule has 4 heterocycles. The molecular formula is C34H37Cl2N5S. The Hall–Kier alpha value is -3.06. The smallest absolute Gasteiger partial charge is 0.174 e. The molecule has 4 atom stereocenters. The van der Waals surface area contributed by atoms with Gasteiger partial charge in [-0.1, -0.05) is 49.2 Å². The molecule has 2 aromatic carbocycles. The minimum Gasteiger partial charge on any atom is -0.370 e. The van der Waals surface area contributed by atoms with E-state index in [1.165, 1.54) is 12.0 Å². The van der Waals surface area contributed by atoms with Crippen molar-refractivity contribution in [3.8, 4) is 5.69 Å². The summed E-state index contributed by atoms with van der Waals surface area (Å²) in [6, 6.07) is 20.5. The van der Waals surface area contributed by atoms with Crippen LogP contribution in [-0.2, 0) is 0 Å². The summed E-state index contributed by atoms with van der Waals surface area (Å²) in [7, 11) is 0. The lowest BCUT2D eigenvalue weighted by molar-refractivity contribution is 0.357. The highest BCUT2D eigenvalue weighted by molar-refractivity contribution is 7.80. The number of thiocarbonyl (C=S) groups is 1. The predicted octanol–water partition coefficient (Wildman–Crippen LogP) is 8.76. The van der Waals surface area contributed by atoms with Crippen molar-refractivity contribution in [3.63, 3.8) is 0 Å². The molecule has 4 aromatic rings. The zero-order valence-electron chi connectivity index (χ0n) is 24.7. The van der Waals surface area contributed by atoms with Crippen LogP contribution in [0.4, 0.5) is 11.4 Å². The van der Waals surface area contributed by atoms with Gasteiger partial charge in [0.25, 0.3) is 0 Å². The summed E-state index contributed by atoms with van der Waals surface area (Å²) in [6.45, 7) is 13.1. The molecule has 2 aliphatic heterocycles. The maximum absolute atomic E-state index is 7.04. The highest BCUT2D eigenvalue weighted by Crippen LogP contribution is 2.45. The van der Waals surface area contributed by atoms with Crippen LogP contribution in [0.5, 0.6) is 0 Å². The van der Waals surface area contributed by atoms with Crippen molar-refractivity contribution in [3.05, 3.63) is 105 Å². The van der Waals surface area contributed by atoms with Crippen molar-refractivity contribution in [1.29, 1.82) is 0 Å². The maximum Gasteiger partial charge on any atom is 0.174 e. The van der Waals surface area contributed by atoms with Crippen LogP contribution >= 0.6 is 35.4 Å². The van der Waals surface area contributed by atoms with E-state index < -0.39 is 0 Å². The van der Waals surface area contributed by atoms with Crippen LogP contribution in [0, 0.1) is 32.6 Å². The number of hydrogen-bond acceptors (Lipinski definition) is 3. The largest absolute Gasteiger partial charge is 0.370 e. The van der Waals surface area contributed by atoms with E-state index >= 15 is 0 Å². The van der Waals surface area contributed by atoms with E-state index in [1.807, 2.05) is 30.5 Å². The second kappa shape index (κ2) is 11.6. The van der Waals surface area contributed by atoms with Gasteiger partial charge in [0.05, 0.1) is 28.5 Å². The molecule has 2 aliphatic rings. The van der Waals surface area contributed by atoms with Crippen molar-refractivity contribution in [2.24, 2.45) is 11.8 Å². The number of rotatable bonds is 5. The van der Waals surface area contributed by atoms with Crippen molar-refractivity contribution in [1.82, 2.24) is 14.9 Å². The fourth-order valence-electron chi connectivity index (χ4n) is 6.99. The molecule has 5 nitrogen and oxygen atoms in total. The van der Waals surface area contributed by atoms with Gasteiger partial charge in [-0.05, 0) is 111 Å². The molecule has 0 saturated carbocycles. The summed E-state index contributed by atoms with van der Waals surface area (Å²) >= 11 is 19.5. The van der Waals surface area contributed by atoms with E-state index in [0.717, 1.165) is 57.8 Å². The monoisotopic (exact) mass is 617 g/mol. The Morgan fingerprint density at radius 1 is 0.905 bits per heavy atom. The van der Waals surface area contributed by atoms with Crippen LogP contribution in [0.2, 0.25) is 10.0 Å². The van der Waals surface area contributed by atoms with Gasteiger partial charge in [-0.3, -0.25) is 4.98 Å². The molecule has 0 unspecified atom stereocenters. The first-order chi connectivity index (χ1) is 20.1. The summed E-state index contributed by atoms with van der Waals surface area (Å²) in [5.41, 5.74) is 8.68. The molecule has 0 spiro atoms. The number of pyridine rings is 1. The third kappa shape index (κ3) is 5.29. The number of halogens is 2. The van der Waals surface area contributed by atoms with Crippen molar-refractivity contribution < 1.29 is 0 Å². The van der Waals surface area contributed by atoms with E-state index in [2.05, 4.69) is 90.7 Å². The fourth-order valence-corrected chi connectivity index (χ4v) is 7.80. The van der Waals surface area contributed by atoms with Gasteiger partial charge in [-0.2, -0.15) is 0 Å². The molecule has 218 valence electrons. The van der Waals surface area contributed by atoms with Crippen molar-refractivity contribution in [2.75, 3.05) is 22.9 Å².